The van der Waals surface area contributed by atoms with Crippen LogP contribution in [0, 0.1) is 5.82 Å². The number of alkyl halides is 2. The van der Waals surface area contributed by atoms with Crippen LogP contribution in [0.5, 0.6) is 11.5 Å². The molecule has 0 heterocycles. The second-order valence-electron chi connectivity index (χ2n) is 3.46. The molecule has 3 nitrogen and oxygen atoms in total. The topological polar surface area (TPSA) is 44.5 Å². The quantitative estimate of drug-likeness (QED) is 0.872. The van der Waals surface area contributed by atoms with Crippen LogP contribution in [0.1, 0.15) is 18.0 Å². The SMILES string of the molecule is COc1cc(F)c([C@@H](N)CC(F)F)cc1OC. The lowest BCUT2D eigenvalue weighted by atomic mass is 10.0. The molecule has 0 saturated heterocycles. The summed E-state index contributed by atoms with van der Waals surface area (Å²) in [5.74, 6) is -0.234. The van der Waals surface area contributed by atoms with Crippen molar-refractivity contribution in [3.63, 3.8) is 0 Å². The Morgan fingerprint density at radius 3 is 2.18 bits per heavy atom. The van der Waals surface area contributed by atoms with Gasteiger partial charge in [0.1, 0.15) is 5.82 Å². The number of benzene rings is 1. The molecule has 0 aliphatic heterocycles. The van der Waals surface area contributed by atoms with Crippen molar-refractivity contribution in [1.29, 1.82) is 0 Å². The van der Waals surface area contributed by atoms with Gasteiger partial charge in [-0.05, 0) is 6.07 Å². The summed E-state index contributed by atoms with van der Waals surface area (Å²) in [7, 11) is 2.73. The Morgan fingerprint density at radius 1 is 1.18 bits per heavy atom. The Bertz CT molecular complexity index is 385. The largest absolute Gasteiger partial charge is 0.493 e. The maximum absolute atomic E-state index is 13.6. The second-order valence-corrected chi connectivity index (χ2v) is 3.46. The van der Waals surface area contributed by atoms with Gasteiger partial charge in [-0.2, -0.15) is 0 Å². The van der Waals surface area contributed by atoms with Crippen LogP contribution >= 0.6 is 0 Å². The van der Waals surface area contributed by atoms with E-state index in [1.807, 2.05) is 0 Å². The van der Waals surface area contributed by atoms with E-state index in [4.69, 9.17) is 15.2 Å². The van der Waals surface area contributed by atoms with Crippen LogP contribution in [0.25, 0.3) is 0 Å². The number of methoxy groups -OCH3 is 2. The van der Waals surface area contributed by atoms with Crippen molar-refractivity contribution in [3.05, 3.63) is 23.5 Å². The van der Waals surface area contributed by atoms with Gasteiger partial charge in [0.2, 0.25) is 6.43 Å². The third-order valence-corrected chi connectivity index (χ3v) is 2.33. The average Bonchev–Trinajstić information content (AvgIpc) is 2.27. The molecule has 1 rings (SSSR count). The third-order valence-electron chi connectivity index (χ3n) is 2.33. The van der Waals surface area contributed by atoms with Crippen molar-refractivity contribution in [1.82, 2.24) is 0 Å². The summed E-state index contributed by atoms with van der Waals surface area (Å²) >= 11 is 0. The first-order valence-corrected chi connectivity index (χ1v) is 4.94. The molecule has 17 heavy (non-hydrogen) atoms. The molecule has 1 aromatic rings. The monoisotopic (exact) mass is 249 g/mol. The summed E-state index contributed by atoms with van der Waals surface area (Å²) < 4.78 is 47.8. The van der Waals surface area contributed by atoms with Crippen molar-refractivity contribution >= 4 is 0 Å². The minimum absolute atomic E-state index is 0.0112. The van der Waals surface area contributed by atoms with Gasteiger partial charge >= 0.3 is 0 Å². The average molecular weight is 249 g/mol. The Labute approximate surface area is 97.3 Å². The molecule has 0 amide bonds. The molecule has 0 aliphatic rings. The van der Waals surface area contributed by atoms with E-state index in [1.165, 1.54) is 20.3 Å². The lowest BCUT2D eigenvalue weighted by Gasteiger charge is -2.15. The normalized spacial score (nSPS) is 12.6. The van der Waals surface area contributed by atoms with Crippen LogP contribution in [0.4, 0.5) is 13.2 Å². The second kappa shape index (κ2) is 5.77. The highest BCUT2D eigenvalue weighted by Gasteiger charge is 2.19. The van der Waals surface area contributed by atoms with Gasteiger partial charge < -0.3 is 15.2 Å². The highest BCUT2D eigenvalue weighted by molar-refractivity contribution is 5.44. The van der Waals surface area contributed by atoms with Crippen molar-refractivity contribution in [3.8, 4) is 11.5 Å². The molecular formula is C11H14F3NO2. The third kappa shape index (κ3) is 3.26. The predicted octanol–water partition coefficient (Wildman–Crippen LogP) is 2.50. The Balaban J connectivity index is 3.07. The number of nitrogens with two attached hydrogens (primary N) is 1. The maximum Gasteiger partial charge on any atom is 0.240 e. The maximum atomic E-state index is 13.6. The van der Waals surface area contributed by atoms with E-state index < -0.39 is 24.7 Å². The smallest absolute Gasteiger partial charge is 0.240 e. The van der Waals surface area contributed by atoms with E-state index in [1.54, 1.807) is 0 Å². The van der Waals surface area contributed by atoms with Gasteiger partial charge in [0.15, 0.2) is 11.5 Å². The minimum atomic E-state index is -2.59. The number of hydrogen-bond donors (Lipinski definition) is 1. The summed E-state index contributed by atoms with van der Waals surface area (Å²) in [5.41, 5.74) is 5.48. The number of ether oxygens (including phenoxy) is 2. The summed E-state index contributed by atoms with van der Waals surface area (Å²) in [4.78, 5) is 0. The number of rotatable bonds is 5. The minimum Gasteiger partial charge on any atom is -0.493 e. The van der Waals surface area contributed by atoms with Gasteiger partial charge in [-0.3, -0.25) is 0 Å². The molecule has 0 fully saturated rings. The predicted molar refractivity (Wildman–Crippen MR) is 57.1 cm³/mol. The molecule has 1 aromatic carbocycles. The highest BCUT2D eigenvalue weighted by Crippen LogP contribution is 2.33. The van der Waals surface area contributed by atoms with Gasteiger partial charge in [-0.1, -0.05) is 0 Å². The van der Waals surface area contributed by atoms with Gasteiger partial charge in [0.05, 0.1) is 14.2 Å². The van der Waals surface area contributed by atoms with E-state index in [9.17, 15) is 13.2 Å². The van der Waals surface area contributed by atoms with Crippen LogP contribution in [0.3, 0.4) is 0 Å². The molecule has 0 aliphatic carbocycles. The Hall–Kier alpha value is -1.43. The van der Waals surface area contributed by atoms with Crippen molar-refractivity contribution in [2.45, 2.75) is 18.9 Å². The molecule has 0 bridgehead atoms. The molecule has 1 atom stereocenters. The first kappa shape index (κ1) is 13.6. The standard InChI is InChI=1S/C11H14F3NO2/c1-16-9-3-6(8(15)5-11(13)14)7(12)4-10(9)17-2/h3-4,8,11H,5,15H2,1-2H3/t8-/m0/s1. The van der Waals surface area contributed by atoms with Crippen LogP contribution in [-0.4, -0.2) is 20.6 Å². The molecular weight excluding hydrogens is 235 g/mol. The van der Waals surface area contributed by atoms with E-state index in [2.05, 4.69) is 0 Å². The molecule has 0 spiro atoms. The zero-order valence-electron chi connectivity index (χ0n) is 9.54. The van der Waals surface area contributed by atoms with E-state index in [0.29, 0.717) is 0 Å². The summed E-state index contributed by atoms with van der Waals surface area (Å²) in [5, 5.41) is 0. The fraction of sp³-hybridized carbons (Fsp3) is 0.455. The lowest BCUT2D eigenvalue weighted by molar-refractivity contribution is 0.128. The first-order chi connectivity index (χ1) is 7.99. The molecule has 0 aromatic heterocycles. The summed E-state index contributed by atoms with van der Waals surface area (Å²) in [6, 6.07) is 1.27. The van der Waals surface area contributed by atoms with E-state index in [0.717, 1.165) is 6.07 Å². The Morgan fingerprint density at radius 2 is 1.71 bits per heavy atom. The molecule has 0 unspecified atom stereocenters. The van der Waals surface area contributed by atoms with Gasteiger partial charge in [-0.25, -0.2) is 13.2 Å². The molecule has 0 saturated carbocycles. The van der Waals surface area contributed by atoms with Gasteiger partial charge in [0, 0.05) is 24.1 Å². The molecule has 6 heteroatoms. The number of halogens is 3. The number of hydrogen-bond acceptors (Lipinski definition) is 3. The van der Waals surface area contributed by atoms with Crippen LogP contribution in [0.2, 0.25) is 0 Å². The van der Waals surface area contributed by atoms with Crippen molar-refractivity contribution in [2.75, 3.05) is 14.2 Å². The molecule has 2 N–H and O–H groups in total. The van der Waals surface area contributed by atoms with Crippen LogP contribution < -0.4 is 15.2 Å². The van der Waals surface area contributed by atoms with Crippen LogP contribution in [0.15, 0.2) is 12.1 Å². The zero-order valence-corrected chi connectivity index (χ0v) is 9.54. The van der Waals surface area contributed by atoms with Gasteiger partial charge in [-0.15, -0.1) is 0 Å². The molecule has 96 valence electrons. The zero-order chi connectivity index (χ0) is 13.0. The van der Waals surface area contributed by atoms with E-state index in [-0.39, 0.29) is 17.1 Å². The van der Waals surface area contributed by atoms with Crippen LogP contribution in [-0.2, 0) is 0 Å². The summed E-state index contributed by atoms with van der Waals surface area (Å²) in [6.07, 6.45) is -3.19. The highest BCUT2D eigenvalue weighted by atomic mass is 19.3. The van der Waals surface area contributed by atoms with Crippen molar-refractivity contribution < 1.29 is 22.6 Å². The lowest BCUT2D eigenvalue weighted by Crippen LogP contribution is -2.15. The van der Waals surface area contributed by atoms with Crippen molar-refractivity contribution in [2.24, 2.45) is 5.73 Å². The summed E-state index contributed by atoms with van der Waals surface area (Å²) in [6.45, 7) is 0. The first-order valence-electron chi connectivity index (χ1n) is 4.94. The van der Waals surface area contributed by atoms with Gasteiger partial charge in [0.25, 0.3) is 0 Å². The Kier molecular flexibility index (Phi) is 4.62. The fourth-order valence-corrected chi connectivity index (χ4v) is 1.47. The fourth-order valence-electron chi connectivity index (χ4n) is 1.47. The molecule has 0 radical (unpaired) electrons. The van der Waals surface area contributed by atoms with E-state index >= 15 is 0 Å².